The number of piperidine rings is 1. The second-order valence-corrected chi connectivity index (χ2v) is 9.85. The molecule has 0 unspecified atom stereocenters. The van der Waals surface area contributed by atoms with Crippen LogP contribution in [0.3, 0.4) is 0 Å². The molecule has 8 nitrogen and oxygen atoms in total. The van der Waals surface area contributed by atoms with E-state index in [1.54, 1.807) is 24.2 Å². The van der Waals surface area contributed by atoms with Crippen molar-refractivity contribution in [1.82, 2.24) is 24.0 Å². The zero-order valence-corrected chi connectivity index (χ0v) is 18.5. The largest absolute Gasteiger partial charge is 0.337 e. The topological polar surface area (TPSA) is 88.4 Å². The predicted molar refractivity (Wildman–Crippen MR) is 111 cm³/mol. The van der Waals surface area contributed by atoms with Crippen LogP contribution >= 0.6 is 0 Å². The summed E-state index contributed by atoms with van der Waals surface area (Å²) in [6, 6.07) is 3.63. The highest BCUT2D eigenvalue weighted by molar-refractivity contribution is 7.88. The molecule has 0 spiro atoms. The van der Waals surface area contributed by atoms with Gasteiger partial charge in [-0.3, -0.25) is 14.5 Å². The third-order valence-corrected chi connectivity index (χ3v) is 6.98. The molecule has 1 saturated heterocycles. The Balaban J connectivity index is 1.70. The van der Waals surface area contributed by atoms with E-state index < -0.39 is 10.0 Å². The van der Waals surface area contributed by atoms with Crippen molar-refractivity contribution in [2.75, 3.05) is 26.4 Å². The smallest absolute Gasteiger partial charge is 0.255 e. The molecule has 1 aliphatic rings. The molecule has 9 heteroatoms. The van der Waals surface area contributed by atoms with Crippen molar-refractivity contribution in [1.29, 1.82) is 0 Å². The van der Waals surface area contributed by atoms with Gasteiger partial charge in [-0.15, -0.1) is 0 Å². The van der Waals surface area contributed by atoms with E-state index in [0.717, 1.165) is 35.5 Å². The van der Waals surface area contributed by atoms with Gasteiger partial charge in [0.05, 0.1) is 17.5 Å². The molecule has 0 saturated carbocycles. The molecule has 0 radical (unpaired) electrons. The fraction of sp³-hybridized carbons (Fsp3) is 0.550. The number of rotatable bonds is 5. The van der Waals surface area contributed by atoms with Gasteiger partial charge in [0.15, 0.2) is 0 Å². The lowest BCUT2D eigenvalue weighted by Gasteiger charge is -2.30. The van der Waals surface area contributed by atoms with Gasteiger partial charge < -0.3 is 4.90 Å². The van der Waals surface area contributed by atoms with E-state index in [1.807, 2.05) is 31.6 Å². The number of aryl methyl sites for hydroxylation is 2. The van der Waals surface area contributed by atoms with Crippen molar-refractivity contribution in [3.8, 4) is 0 Å². The third-order valence-electron chi connectivity index (χ3n) is 5.71. The van der Waals surface area contributed by atoms with E-state index >= 15 is 0 Å². The molecule has 1 atom stereocenters. The molecule has 1 amide bonds. The highest BCUT2D eigenvalue weighted by atomic mass is 32.2. The maximum Gasteiger partial charge on any atom is 0.255 e. The van der Waals surface area contributed by atoms with Gasteiger partial charge in [0, 0.05) is 62.8 Å². The number of hydrogen-bond donors (Lipinski definition) is 0. The Labute approximate surface area is 172 Å². The molecule has 0 aromatic carbocycles. The lowest BCUT2D eigenvalue weighted by atomic mass is 9.95. The van der Waals surface area contributed by atoms with Crippen LogP contribution in [-0.4, -0.2) is 64.7 Å². The van der Waals surface area contributed by atoms with E-state index in [0.29, 0.717) is 25.2 Å². The Morgan fingerprint density at radius 3 is 2.59 bits per heavy atom. The second-order valence-electron chi connectivity index (χ2n) is 7.87. The normalized spacial score (nSPS) is 18.0. The van der Waals surface area contributed by atoms with Crippen molar-refractivity contribution in [2.24, 2.45) is 7.05 Å². The summed E-state index contributed by atoms with van der Waals surface area (Å²) in [7, 11) is 0.470. The van der Waals surface area contributed by atoms with Crippen LogP contribution in [0.5, 0.6) is 0 Å². The Bertz CT molecular complexity index is 998. The summed E-state index contributed by atoms with van der Waals surface area (Å²) in [5.41, 5.74) is 4.37. The van der Waals surface area contributed by atoms with Gasteiger partial charge in [-0.2, -0.15) is 5.10 Å². The number of carbonyl (C=O) groups is 1. The maximum atomic E-state index is 12.8. The lowest BCUT2D eigenvalue weighted by molar-refractivity contribution is 0.0784. The fourth-order valence-corrected chi connectivity index (χ4v) is 4.75. The molecule has 1 aliphatic heterocycles. The average Bonchev–Trinajstić information content (AvgIpc) is 2.93. The molecule has 2 aromatic heterocycles. The average molecular weight is 420 g/mol. The molecule has 0 N–H and O–H groups in total. The van der Waals surface area contributed by atoms with E-state index in [2.05, 4.69) is 10.1 Å². The molecule has 29 heavy (non-hydrogen) atoms. The number of pyridine rings is 1. The quantitative estimate of drug-likeness (QED) is 0.738. The number of hydrogen-bond acceptors (Lipinski definition) is 5. The van der Waals surface area contributed by atoms with Crippen molar-refractivity contribution in [2.45, 2.75) is 39.2 Å². The highest BCUT2D eigenvalue weighted by Gasteiger charge is 2.27. The van der Waals surface area contributed by atoms with E-state index in [-0.39, 0.29) is 11.8 Å². The zero-order valence-electron chi connectivity index (χ0n) is 17.7. The first-order valence-corrected chi connectivity index (χ1v) is 11.6. The number of amides is 1. The molecule has 3 heterocycles. The number of sulfonamides is 1. The first-order valence-electron chi connectivity index (χ1n) is 9.73. The summed E-state index contributed by atoms with van der Waals surface area (Å²) in [6.45, 7) is 5.43. The summed E-state index contributed by atoms with van der Waals surface area (Å²) < 4.78 is 27.0. The molecule has 0 bridgehead atoms. The number of aromatic nitrogens is 3. The van der Waals surface area contributed by atoms with E-state index in [4.69, 9.17) is 0 Å². The van der Waals surface area contributed by atoms with Crippen molar-refractivity contribution in [3.05, 3.63) is 46.5 Å². The van der Waals surface area contributed by atoms with Crippen molar-refractivity contribution in [3.63, 3.8) is 0 Å². The number of carbonyl (C=O) groups excluding carboxylic acids is 1. The lowest BCUT2D eigenvalue weighted by Crippen LogP contribution is -2.38. The third kappa shape index (κ3) is 4.67. The van der Waals surface area contributed by atoms with Crippen LogP contribution < -0.4 is 0 Å². The molecule has 1 fully saturated rings. The first-order chi connectivity index (χ1) is 13.6. The van der Waals surface area contributed by atoms with Crippen molar-refractivity contribution < 1.29 is 13.2 Å². The standard InChI is InChI=1S/C20H29N5O3S/c1-14-18(15(2)24(4)22-14)13-23(3)20(26)16-8-9-19(21-11-16)17-7-6-10-25(12-17)29(5,27)28/h8-9,11,17H,6-7,10,12-13H2,1-5H3/t17-/m0/s1. The summed E-state index contributed by atoms with van der Waals surface area (Å²) in [4.78, 5) is 19.0. The Kier molecular flexibility index (Phi) is 6.09. The van der Waals surface area contributed by atoms with Gasteiger partial charge in [0.1, 0.15) is 0 Å². The van der Waals surface area contributed by atoms with Gasteiger partial charge in [-0.05, 0) is 38.8 Å². The van der Waals surface area contributed by atoms with Gasteiger partial charge in [-0.25, -0.2) is 12.7 Å². The fourth-order valence-electron chi connectivity index (χ4n) is 3.83. The predicted octanol–water partition coefficient (Wildman–Crippen LogP) is 1.84. The minimum Gasteiger partial charge on any atom is -0.337 e. The Morgan fingerprint density at radius 1 is 1.31 bits per heavy atom. The summed E-state index contributed by atoms with van der Waals surface area (Å²) in [5, 5.41) is 4.40. The van der Waals surface area contributed by atoms with E-state index in [9.17, 15) is 13.2 Å². The van der Waals surface area contributed by atoms with Crippen LogP contribution in [0.1, 0.15) is 51.8 Å². The zero-order chi connectivity index (χ0) is 21.3. The van der Waals surface area contributed by atoms with Gasteiger partial charge in [-0.1, -0.05) is 0 Å². The van der Waals surface area contributed by atoms with Crippen LogP contribution in [0.25, 0.3) is 0 Å². The van der Waals surface area contributed by atoms with Gasteiger partial charge >= 0.3 is 0 Å². The minimum atomic E-state index is -3.20. The van der Waals surface area contributed by atoms with Crippen LogP contribution in [0.4, 0.5) is 0 Å². The summed E-state index contributed by atoms with van der Waals surface area (Å²) >= 11 is 0. The molecule has 0 aliphatic carbocycles. The second kappa shape index (κ2) is 8.23. The van der Waals surface area contributed by atoms with Crippen molar-refractivity contribution >= 4 is 15.9 Å². The van der Waals surface area contributed by atoms with Crippen LogP contribution in [-0.2, 0) is 23.6 Å². The van der Waals surface area contributed by atoms with Gasteiger partial charge in [0.25, 0.3) is 5.91 Å². The van der Waals surface area contributed by atoms with Crippen LogP contribution in [0.2, 0.25) is 0 Å². The Morgan fingerprint density at radius 2 is 2.03 bits per heavy atom. The summed E-state index contributed by atoms with van der Waals surface area (Å²) in [5.74, 6) is -0.0471. The molecule has 2 aromatic rings. The highest BCUT2D eigenvalue weighted by Crippen LogP contribution is 2.27. The molecular weight excluding hydrogens is 390 g/mol. The molecule has 158 valence electrons. The molecule has 3 rings (SSSR count). The minimum absolute atomic E-state index is 0.0565. The first kappa shape index (κ1) is 21.4. The monoisotopic (exact) mass is 419 g/mol. The Hall–Kier alpha value is -2.26. The number of nitrogens with zero attached hydrogens (tertiary/aromatic N) is 5. The van der Waals surface area contributed by atoms with E-state index in [1.165, 1.54) is 10.6 Å². The molecular formula is C20H29N5O3S. The summed E-state index contributed by atoms with van der Waals surface area (Å²) in [6.07, 6.45) is 4.54. The van der Waals surface area contributed by atoms with Crippen LogP contribution in [0.15, 0.2) is 18.3 Å². The SMILES string of the molecule is Cc1nn(C)c(C)c1CN(C)C(=O)c1ccc([C@H]2CCCN(S(C)(=O)=O)C2)nc1. The van der Waals surface area contributed by atoms with Crippen LogP contribution in [0, 0.1) is 13.8 Å². The maximum absolute atomic E-state index is 12.8. The van der Waals surface area contributed by atoms with Gasteiger partial charge in [0.2, 0.25) is 10.0 Å².